The highest BCUT2D eigenvalue weighted by molar-refractivity contribution is 6.31. The number of anilines is 1. The van der Waals surface area contributed by atoms with Crippen LogP contribution < -0.4 is 4.90 Å². The zero-order valence-electron chi connectivity index (χ0n) is 10.9. The van der Waals surface area contributed by atoms with Crippen LogP contribution >= 0.6 is 11.6 Å². The Labute approximate surface area is 117 Å². The normalized spacial score (nSPS) is 19.2. The van der Waals surface area contributed by atoms with Crippen molar-refractivity contribution in [1.82, 2.24) is 0 Å². The molecule has 0 aliphatic carbocycles. The molecule has 0 amide bonds. The van der Waals surface area contributed by atoms with E-state index in [1.165, 1.54) is 0 Å². The second-order valence-electron chi connectivity index (χ2n) is 4.93. The van der Waals surface area contributed by atoms with Gasteiger partial charge < -0.3 is 14.7 Å². The summed E-state index contributed by atoms with van der Waals surface area (Å²) in [5.41, 5.74) is 0.939. The average molecular weight is 284 g/mol. The van der Waals surface area contributed by atoms with Gasteiger partial charge in [0.2, 0.25) is 0 Å². The van der Waals surface area contributed by atoms with Crippen LogP contribution in [0, 0.1) is 5.92 Å². The number of rotatable bonds is 4. The molecule has 1 aromatic carbocycles. The topological polar surface area (TPSA) is 49.8 Å². The molecule has 4 nitrogen and oxygen atoms in total. The third-order valence-electron chi connectivity index (χ3n) is 3.39. The maximum Gasteiger partial charge on any atom is 0.337 e. The molecule has 1 atom stereocenters. The summed E-state index contributed by atoms with van der Waals surface area (Å²) in [4.78, 5) is 13.2. The van der Waals surface area contributed by atoms with Crippen LogP contribution in [-0.2, 0) is 4.74 Å². The van der Waals surface area contributed by atoms with Gasteiger partial charge in [0, 0.05) is 25.2 Å². The molecule has 1 fully saturated rings. The summed E-state index contributed by atoms with van der Waals surface area (Å²) >= 11 is 5.96. The van der Waals surface area contributed by atoms with E-state index in [0.717, 1.165) is 32.6 Å². The summed E-state index contributed by atoms with van der Waals surface area (Å²) < 4.78 is 5.45. The third-order valence-corrected chi connectivity index (χ3v) is 3.62. The van der Waals surface area contributed by atoms with E-state index in [-0.39, 0.29) is 5.56 Å². The lowest BCUT2D eigenvalue weighted by Crippen LogP contribution is -2.31. The second kappa shape index (κ2) is 6.26. The Morgan fingerprint density at radius 2 is 2.37 bits per heavy atom. The molecule has 0 aromatic heterocycles. The number of nitrogens with zero attached hydrogens (tertiary/aromatic N) is 1. The molecule has 1 N–H and O–H groups in total. The first kappa shape index (κ1) is 14.2. The predicted molar refractivity (Wildman–Crippen MR) is 75.2 cm³/mol. The van der Waals surface area contributed by atoms with Gasteiger partial charge in [-0.1, -0.05) is 11.6 Å². The minimum absolute atomic E-state index is 0.281. The van der Waals surface area contributed by atoms with E-state index >= 15 is 0 Å². The van der Waals surface area contributed by atoms with E-state index in [0.29, 0.717) is 16.6 Å². The van der Waals surface area contributed by atoms with Gasteiger partial charge in [-0.25, -0.2) is 4.79 Å². The Hall–Kier alpha value is -1.26. The standard InChI is InChI=1S/C14H18ClNO3/c1-16(8-10-3-2-6-19-9-10)13-7-11(15)4-5-12(13)14(17)18/h4-5,7,10H,2-3,6,8-9H2,1H3,(H,17,18). The third kappa shape index (κ3) is 3.61. The lowest BCUT2D eigenvalue weighted by molar-refractivity contribution is 0.0576. The molecule has 1 aliphatic heterocycles. The smallest absolute Gasteiger partial charge is 0.337 e. The number of hydrogen-bond acceptors (Lipinski definition) is 3. The lowest BCUT2D eigenvalue weighted by Gasteiger charge is -2.29. The van der Waals surface area contributed by atoms with Crippen molar-refractivity contribution in [2.24, 2.45) is 5.92 Å². The minimum Gasteiger partial charge on any atom is -0.478 e. The number of carbonyl (C=O) groups is 1. The SMILES string of the molecule is CN(CC1CCCOC1)c1cc(Cl)ccc1C(=O)O. The molecule has 1 unspecified atom stereocenters. The van der Waals surface area contributed by atoms with Crippen LogP contribution in [0.2, 0.25) is 5.02 Å². The minimum atomic E-state index is -0.932. The zero-order valence-corrected chi connectivity index (χ0v) is 11.7. The fourth-order valence-electron chi connectivity index (χ4n) is 2.44. The first-order valence-electron chi connectivity index (χ1n) is 6.39. The average Bonchev–Trinajstić information content (AvgIpc) is 2.39. The molecule has 19 heavy (non-hydrogen) atoms. The summed E-state index contributed by atoms with van der Waals surface area (Å²) in [7, 11) is 1.90. The Balaban J connectivity index is 2.14. The molecule has 1 aromatic rings. The largest absolute Gasteiger partial charge is 0.478 e. The van der Waals surface area contributed by atoms with Crippen LogP contribution in [0.25, 0.3) is 0 Å². The van der Waals surface area contributed by atoms with Crippen LogP contribution in [0.5, 0.6) is 0 Å². The Kier molecular flexibility index (Phi) is 4.66. The van der Waals surface area contributed by atoms with E-state index in [1.807, 2.05) is 11.9 Å². The first-order valence-corrected chi connectivity index (χ1v) is 6.77. The lowest BCUT2D eigenvalue weighted by atomic mass is 10.0. The number of halogens is 1. The quantitative estimate of drug-likeness (QED) is 0.923. The van der Waals surface area contributed by atoms with Gasteiger partial charge in [0.15, 0.2) is 0 Å². The highest BCUT2D eigenvalue weighted by Gasteiger charge is 2.19. The van der Waals surface area contributed by atoms with E-state index in [1.54, 1.807) is 18.2 Å². The summed E-state index contributed by atoms with van der Waals surface area (Å²) in [5.74, 6) is -0.488. The molecule has 1 aliphatic rings. The van der Waals surface area contributed by atoms with Crippen molar-refractivity contribution >= 4 is 23.3 Å². The molecule has 5 heteroatoms. The molecule has 0 saturated carbocycles. The van der Waals surface area contributed by atoms with Crippen LogP contribution in [0.15, 0.2) is 18.2 Å². The molecule has 0 radical (unpaired) electrons. The molecular weight excluding hydrogens is 266 g/mol. The highest BCUT2D eigenvalue weighted by atomic mass is 35.5. The van der Waals surface area contributed by atoms with Gasteiger partial charge in [-0.2, -0.15) is 0 Å². The molecule has 2 rings (SSSR count). The van der Waals surface area contributed by atoms with Crippen LogP contribution in [0.4, 0.5) is 5.69 Å². The van der Waals surface area contributed by atoms with E-state index < -0.39 is 5.97 Å². The number of benzene rings is 1. The summed E-state index contributed by atoms with van der Waals surface area (Å²) in [6.07, 6.45) is 2.19. The van der Waals surface area contributed by atoms with Crippen molar-refractivity contribution in [3.05, 3.63) is 28.8 Å². The maximum absolute atomic E-state index is 11.2. The Morgan fingerprint density at radius 1 is 1.58 bits per heavy atom. The van der Waals surface area contributed by atoms with Crippen molar-refractivity contribution < 1.29 is 14.6 Å². The van der Waals surface area contributed by atoms with E-state index in [4.69, 9.17) is 16.3 Å². The van der Waals surface area contributed by atoms with Crippen molar-refractivity contribution in [3.63, 3.8) is 0 Å². The monoisotopic (exact) mass is 283 g/mol. The number of carboxylic acids is 1. The van der Waals surface area contributed by atoms with Gasteiger partial charge in [0.05, 0.1) is 17.9 Å². The van der Waals surface area contributed by atoms with Crippen molar-refractivity contribution in [2.75, 3.05) is 31.7 Å². The number of ether oxygens (including phenoxy) is 1. The van der Waals surface area contributed by atoms with E-state index in [9.17, 15) is 9.90 Å². The van der Waals surface area contributed by atoms with Gasteiger partial charge in [0.1, 0.15) is 0 Å². The molecule has 0 spiro atoms. The van der Waals surface area contributed by atoms with Gasteiger partial charge >= 0.3 is 5.97 Å². The van der Waals surface area contributed by atoms with Gasteiger partial charge in [0.25, 0.3) is 0 Å². The van der Waals surface area contributed by atoms with Gasteiger partial charge in [-0.15, -0.1) is 0 Å². The van der Waals surface area contributed by atoms with Crippen molar-refractivity contribution in [3.8, 4) is 0 Å². The molecule has 0 bridgehead atoms. The van der Waals surface area contributed by atoms with Gasteiger partial charge in [-0.05, 0) is 37.0 Å². The number of aromatic carboxylic acids is 1. The number of carboxylic acid groups (broad SMARTS) is 1. The van der Waals surface area contributed by atoms with Crippen molar-refractivity contribution in [1.29, 1.82) is 0 Å². The van der Waals surface area contributed by atoms with Crippen LogP contribution in [-0.4, -0.2) is 37.9 Å². The highest BCUT2D eigenvalue weighted by Crippen LogP contribution is 2.26. The first-order chi connectivity index (χ1) is 9.08. The Morgan fingerprint density at radius 3 is 3.00 bits per heavy atom. The summed E-state index contributed by atoms with van der Waals surface area (Å²) in [6.45, 7) is 2.35. The second-order valence-corrected chi connectivity index (χ2v) is 5.37. The maximum atomic E-state index is 11.2. The fourth-order valence-corrected chi connectivity index (χ4v) is 2.60. The summed E-state index contributed by atoms with van der Waals surface area (Å²) in [6, 6.07) is 4.86. The van der Waals surface area contributed by atoms with Gasteiger partial charge in [-0.3, -0.25) is 0 Å². The van der Waals surface area contributed by atoms with E-state index in [2.05, 4.69) is 0 Å². The predicted octanol–water partition coefficient (Wildman–Crippen LogP) is 2.90. The molecular formula is C14H18ClNO3. The summed E-state index contributed by atoms with van der Waals surface area (Å²) in [5, 5.41) is 9.76. The molecule has 104 valence electrons. The Bertz CT molecular complexity index is 458. The van der Waals surface area contributed by atoms with Crippen LogP contribution in [0.1, 0.15) is 23.2 Å². The zero-order chi connectivity index (χ0) is 13.8. The molecule has 1 saturated heterocycles. The van der Waals surface area contributed by atoms with Crippen molar-refractivity contribution in [2.45, 2.75) is 12.8 Å². The molecule has 1 heterocycles. The number of hydrogen-bond donors (Lipinski definition) is 1. The fraction of sp³-hybridized carbons (Fsp3) is 0.500. The van der Waals surface area contributed by atoms with Crippen LogP contribution in [0.3, 0.4) is 0 Å².